The molecule has 0 aromatic heterocycles. The lowest BCUT2D eigenvalue weighted by molar-refractivity contribution is 0.189. The van der Waals surface area contributed by atoms with Crippen molar-refractivity contribution in [2.45, 2.75) is 32.7 Å². The SMILES string of the molecule is CN=C(N)N1CCCC(C)C1C. The lowest BCUT2D eigenvalue weighted by atomic mass is 9.92. The summed E-state index contributed by atoms with van der Waals surface area (Å²) >= 11 is 0. The van der Waals surface area contributed by atoms with Crippen molar-refractivity contribution in [3.8, 4) is 0 Å². The molecule has 1 rings (SSSR count). The summed E-state index contributed by atoms with van der Waals surface area (Å²) in [6.07, 6.45) is 2.55. The number of rotatable bonds is 0. The van der Waals surface area contributed by atoms with Crippen LogP contribution < -0.4 is 5.73 Å². The van der Waals surface area contributed by atoms with Crippen molar-refractivity contribution >= 4 is 5.96 Å². The maximum atomic E-state index is 5.78. The van der Waals surface area contributed by atoms with E-state index >= 15 is 0 Å². The van der Waals surface area contributed by atoms with Crippen LogP contribution in [0.3, 0.4) is 0 Å². The Morgan fingerprint density at radius 2 is 2.17 bits per heavy atom. The summed E-state index contributed by atoms with van der Waals surface area (Å²) in [7, 11) is 1.75. The van der Waals surface area contributed by atoms with E-state index in [2.05, 4.69) is 23.7 Å². The molecule has 70 valence electrons. The number of nitrogens with two attached hydrogens (primary N) is 1. The van der Waals surface area contributed by atoms with Gasteiger partial charge in [0.1, 0.15) is 0 Å². The number of likely N-dealkylation sites (tertiary alicyclic amines) is 1. The lowest BCUT2D eigenvalue weighted by Gasteiger charge is -2.38. The van der Waals surface area contributed by atoms with Crippen molar-refractivity contribution in [3.05, 3.63) is 0 Å². The largest absolute Gasteiger partial charge is 0.370 e. The van der Waals surface area contributed by atoms with Gasteiger partial charge in [0.25, 0.3) is 0 Å². The minimum absolute atomic E-state index is 0.544. The van der Waals surface area contributed by atoms with Crippen molar-refractivity contribution in [1.29, 1.82) is 0 Å². The Bertz CT molecular complexity index is 177. The highest BCUT2D eigenvalue weighted by molar-refractivity contribution is 5.78. The quantitative estimate of drug-likeness (QED) is 0.435. The van der Waals surface area contributed by atoms with E-state index in [-0.39, 0.29) is 0 Å². The molecular formula is C9H19N3. The number of piperidine rings is 1. The van der Waals surface area contributed by atoms with Crippen LogP contribution in [0.1, 0.15) is 26.7 Å². The third kappa shape index (κ3) is 1.71. The first-order valence-electron chi connectivity index (χ1n) is 4.65. The van der Waals surface area contributed by atoms with Crippen LogP contribution in [-0.4, -0.2) is 30.5 Å². The molecule has 0 bridgehead atoms. The molecule has 2 atom stereocenters. The van der Waals surface area contributed by atoms with E-state index in [0.717, 1.165) is 12.5 Å². The Balaban J connectivity index is 2.64. The van der Waals surface area contributed by atoms with Gasteiger partial charge in [-0.2, -0.15) is 0 Å². The third-order valence-corrected chi connectivity index (χ3v) is 2.90. The van der Waals surface area contributed by atoms with E-state index in [1.807, 2.05) is 0 Å². The fourth-order valence-corrected chi connectivity index (χ4v) is 1.79. The van der Waals surface area contributed by atoms with Gasteiger partial charge < -0.3 is 10.6 Å². The number of hydrogen-bond donors (Lipinski definition) is 1. The predicted molar refractivity (Wildman–Crippen MR) is 52.1 cm³/mol. The second-order valence-electron chi connectivity index (χ2n) is 3.64. The summed E-state index contributed by atoms with van der Waals surface area (Å²) in [5.74, 6) is 1.42. The normalized spacial score (nSPS) is 32.2. The fourth-order valence-electron chi connectivity index (χ4n) is 1.79. The first kappa shape index (κ1) is 9.36. The maximum absolute atomic E-state index is 5.78. The van der Waals surface area contributed by atoms with E-state index in [1.54, 1.807) is 7.05 Å². The first-order chi connectivity index (χ1) is 5.66. The summed E-state index contributed by atoms with van der Waals surface area (Å²) in [4.78, 5) is 6.22. The first-order valence-corrected chi connectivity index (χ1v) is 4.65. The van der Waals surface area contributed by atoms with Crippen LogP contribution in [0.2, 0.25) is 0 Å². The van der Waals surface area contributed by atoms with Crippen LogP contribution in [0.25, 0.3) is 0 Å². The number of hydrogen-bond acceptors (Lipinski definition) is 1. The van der Waals surface area contributed by atoms with E-state index in [0.29, 0.717) is 12.0 Å². The molecule has 1 saturated heterocycles. The molecule has 2 unspecified atom stereocenters. The monoisotopic (exact) mass is 169 g/mol. The molecule has 0 aromatic carbocycles. The van der Waals surface area contributed by atoms with Gasteiger partial charge in [0.2, 0.25) is 0 Å². The second kappa shape index (κ2) is 3.78. The molecule has 0 amide bonds. The van der Waals surface area contributed by atoms with Crippen molar-refractivity contribution in [2.24, 2.45) is 16.6 Å². The number of nitrogens with zero attached hydrogens (tertiary/aromatic N) is 2. The lowest BCUT2D eigenvalue weighted by Crippen LogP contribution is -2.49. The van der Waals surface area contributed by atoms with Crippen molar-refractivity contribution in [1.82, 2.24) is 4.90 Å². The Morgan fingerprint density at radius 3 is 2.75 bits per heavy atom. The highest BCUT2D eigenvalue weighted by Gasteiger charge is 2.25. The average Bonchev–Trinajstić information content (AvgIpc) is 2.08. The second-order valence-corrected chi connectivity index (χ2v) is 3.64. The molecule has 1 aliphatic rings. The minimum Gasteiger partial charge on any atom is -0.370 e. The Hall–Kier alpha value is -0.730. The molecule has 0 saturated carbocycles. The van der Waals surface area contributed by atoms with Crippen LogP contribution >= 0.6 is 0 Å². The van der Waals surface area contributed by atoms with E-state index in [9.17, 15) is 0 Å². The van der Waals surface area contributed by atoms with Gasteiger partial charge in [-0.1, -0.05) is 6.92 Å². The van der Waals surface area contributed by atoms with Crippen LogP contribution in [0.4, 0.5) is 0 Å². The van der Waals surface area contributed by atoms with Crippen molar-refractivity contribution < 1.29 is 0 Å². The highest BCUT2D eigenvalue weighted by Crippen LogP contribution is 2.22. The summed E-state index contributed by atoms with van der Waals surface area (Å²) in [6.45, 7) is 5.57. The molecule has 0 spiro atoms. The van der Waals surface area contributed by atoms with Gasteiger partial charge in [-0.25, -0.2) is 0 Å². The molecule has 0 aliphatic carbocycles. The molecular weight excluding hydrogens is 150 g/mol. The van der Waals surface area contributed by atoms with Crippen LogP contribution in [-0.2, 0) is 0 Å². The van der Waals surface area contributed by atoms with Gasteiger partial charge in [0, 0.05) is 19.6 Å². The van der Waals surface area contributed by atoms with Gasteiger partial charge >= 0.3 is 0 Å². The van der Waals surface area contributed by atoms with Crippen LogP contribution in [0.15, 0.2) is 4.99 Å². The molecule has 3 nitrogen and oxygen atoms in total. The fraction of sp³-hybridized carbons (Fsp3) is 0.889. The van der Waals surface area contributed by atoms with Gasteiger partial charge in [0.15, 0.2) is 5.96 Å². The Morgan fingerprint density at radius 1 is 1.50 bits per heavy atom. The van der Waals surface area contributed by atoms with Gasteiger partial charge in [0.05, 0.1) is 0 Å². The standard InChI is InChI=1S/C9H19N3/c1-7-5-4-6-12(8(7)2)9(10)11-3/h7-8H,4-6H2,1-3H3,(H2,10,11). The molecule has 0 radical (unpaired) electrons. The summed E-state index contributed by atoms with van der Waals surface area (Å²) in [6, 6.07) is 0.544. The van der Waals surface area contributed by atoms with Crippen molar-refractivity contribution in [2.75, 3.05) is 13.6 Å². The topological polar surface area (TPSA) is 41.6 Å². The van der Waals surface area contributed by atoms with Crippen LogP contribution in [0.5, 0.6) is 0 Å². The molecule has 1 fully saturated rings. The van der Waals surface area contributed by atoms with E-state index in [1.165, 1.54) is 12.8 Å². The van der Waals surface area contributed by atoms with Gasteiger partial charge in [-0.3, -0.25) is 4.99 Å². The van der Waals surface area contributed by atoms with E-state index < -0.39 is 0 Å². The third-order valence-electron chi connectivity index (χ3n) is 2.90. The predicted octanol–water partition coefficient (Wildman–Crippen LogP) is 1.05. The zero-order chi connectivity index (χ0) is 9.14. The van der Waals surface area contributed by atoms with Crippen molar-refractivity contribution in [3.63, 3.8) is 0 Å². The van der Waals surface area contributed by atoms with Gasteiger partial charge in [-0.05, 0) is 25.7 Å². The molecule has 3 heteroatoms. The average molecular weight is 169 g/mol. The molecule has 12 heavy (non-hydrogen) atoms. The van der Waals surface area contributed by atoms with Gasteiger partial charge in [-0.15, -0.1) is 0 Å². The maximum Gasteiger partial charge on any atom is 0.191 e. The summed E-state index contributed by atoms with van der Waals surface area (Å²) in [5.41, 5.74) is 5.78. The van der Waals surface area contributed by atoms with Crippen LogP contribution in [0, 0.1) is 5.92 Å². The minimum atomic E-state index is 0.544. The number of aliphatic imine (C=N–C) groups is 1. The molecule has 0 aromatic rings. The summed E-state index contributed by atoms with van der Waals surface area (Å²) in [5, 5.41) is 0. The smallest absolute Gasteiger partial charge is 0.191 e. The highest BCUT2D eigenvalue weighted by atomic mass is 15.3. The Labute approximate surface area is 74.6 Å². The molecule has 1 heterocycles. The summed E-state index contributed by atoms with van der Waals surface area (Å²) < 4.78 is 0. The zero-order valence-electron chi connectivity index (χ0n) is 8.25. The molecule has 1 aliphatic heterocycles. The Kier molecular flexibility index (Phi) is 2.95. The zero-order valence-corrected chi connectivity index (χ0v) is 8.25. The molecule has 2 N–H and O–H groups in total. The number of guanidine groups is 1. The van der Waals surface area contributed by atoms with E-state index in [4.69, 9.17) is 5.73 Å².